The zero-order valence-corrected chi connectivity index (χ0v) is 20.9. The predicted octanol–water partition coefficient (Wildman–Crippen LogP) is 7.69. The molecule has 3 rings (SSSR count). The molecule has 1 aliphatic carbocycles. The van der Waals surface area contributed by atoms with E-state index >= 15 is 0 Å². The van der Waals surface area contributed by atoms with Crippen molar-refractivity contribution in [3.05, 3.63) is 52.2 Å². The van der Waals surface area contributed by atoms with E-state index in [1.807, 2.05) is 0 Å². The van der Waals surface area contributed by atoms with Crippen LogP contribution in [0.1, 0.15) is 98.1 Å². The van der Waals surface area contributed by atoms with Crippen LogP contribution in [0.15, 0.2) is 41.1 Å². The molecule has 1 fully saturated rings. The first-order valence-electron chi connectivity index (χ1n) is 12.2. The molecular formula is C28H44N2. The van der Waals surface area contributed by atoms with Gasteiger partial charge in [-0.25, -0.2) is 0 Å². The second-order valence-corrected chi connectivity index (χ2v) is 10.5. The van der Waals surface area contributed by atoms with E-state index in [0.29, 0.717) is 29.8 Å². The zero-order chi connectivity index (χ0) is 22.2. The lowest BCUT2D eigenvalue weighted by molar-refractivity contribution is 0.329. The third-order valence-electron chi connectivity index (χ3n) is 7.08. The van der Waals surface area contributed by atoms with Crippen molar-refractivity contribution in [2.24, 2.45) is 11.8 Å². The molecule has 2 heteroatoms. The molecule has 0 saturated carbocycles. The molecule has 30 heavy (non-hydrogen) atoms. The number of allylic oxidation sites excluding steroid dienone is 3. The Labute approximate surface area is 186 Å². The Morgan fingerprint density at radius 2 is 1.33 bits per heavy atom. The summed E-state index contributed by atoms with van der Waals surface area (Å²) in [5.41, 5.74) is 9.29. The third kappa shape index (κ3) is 4.20. The summed E-state index contributed by atoms with van der Waals surface area (Å²) in [6.07, 6.45) is 5.31. The van der Waals surface area contributed by atoms with Gasteiger partial charge in [-0.1, -0.05) is 79.7 Å². The Kier molecular flexibility index (Phi) is 7.05. The van der Waals surface area contributed by atoms with Gasteiger partial charge in [-0.15, -0.1) is 0 Å². The van der Waals surface area contributed by atoms with Gasteiger partial charge >= 0.3 is 0 Å². The van der Waals surface area contributed by atoms with Crippen molar-refractivity contribution < 1.29 is 0 Å². The number of benzene rings is 1. The van der Waals surface area contributed by atoms with Crippen LogP contribution in [-0.4, -0.2) is 24.2 Å². The van der Waals surface area contributed by atoms with Crippen LogP contribution in [0.3, 0.4) is 0 Å². The Hall–Kier alpha value is -1.70. The van der Waals surface area contributed by atoms with Gasteiger partial charge in [-0.2, -0.15) is 0 Å². The molecule has 1 aromatic rings. The van der Waals surface area contributed by atoms with Crippen molar-refractivity contribution in [2.45, 2.75) is 93.2 Å². The van der Waals surface area contributed by atoms with Gasteiger partial charge in [-0.3, -0.25) is 0 Å². The Balaban J connectivity index is 2.07. The molecule has 1 unspecified atom stereocenters. The molecule has 0 aromatic heterocycles. The molecule has 0 N–H and O–H groups in total. The van der Waals surface area contributed by atoms with Crippen LogP contribution in [0, 0.1) is 11.8 Å². The number of anilines is 1. The topological polar surface area (TPSA) is 6.48 Å². The normalized spacial score (nSPS) is 20.4. The number of para-hydroxylation sites is 1. The van der Waals surface area contributed by atoms with Gasteiger partial charge < -0.3 is 9.80 Å². The van der Waals surface area contributed by atoms with E-state index in [0.717, 1.165) is 13.1 Å². The van der Waals surface area contributed by atoms with Crippen molar-refractivity contribution >= 4 is 5.69 Å². The molecule has 2 nitrogen and oxygen atoms in total. The summed E-state index contributed by atoms with van der Waals surface area (Å²) < 4.78 is 0. The van der Waals surface area contributed by atoms with Gasteiger partial charge in [0.1, 0.15) is 0 Å². The van der Waals surface area contributed by atoms with E-state index in [-0.39, 0.29) is 0 Å². The van der Waals surface area contributed by atoms with Crippen LogP contribution in [-0.2, 0) is 0 Å². The van der Waals surface area contributed by atoms with Crippen molar-refractivity contribution in [1.29, 1.82) is 0 Å². The summed E-state index contributed by atoms with van der Waals surface area (Å²) >= 11 is 0. The summed E-state index contributed by atoms with van der Waals surface area (Å²) in [6.45, 7) is 23.4. The molecule has 0 radical (unpaired) electrons. The van der Waals surface area contributed by atoms with E-state index < -0.39 is 0 Å². The Morgan fingerprint density at radius 3 is 1.83 bits per heavy atom. The van der Waals surface area contributed by atoms with Crippen molar-refractivity contribution in [3.63, 3.8) is 0 Å². The maximum atomic E-state index is 2.72. The highest BCUT2D eigenvalue weighted by Crippen LogP contribution is 2.42. The quantitative estimate of drug-likeness (QED) is 0.476. The molecule has 0 spiro atoms. The van der Waals surface area contributed by atoms with E-state index in [9.17, 15) is 0 Å². The molecule has 166 valence electrons. The minimum absolute atomic E-state index is 0.381. The lowest BCUT2D eigenvalue weighted by Gasteiger charge is -2.39. The molecule has 1 saturated heterocycles. The maximum Gasteiger partial charge on any atom is 0.0988 e. The van der Waals surface area contributed by atoms with Gasteiger partial charge in [0.15, 0.2) is 0 Å². The lowest BCUT2D eigenvalue weighted by atomic mass is 9.84. The van der Waals surface area contributed by atoms with Crippen molar-refractivity contribution in [2.75, 3.05) is 18.0 Å². The molecular weight excluding hydrogens is 364 g/mol. The second kappa shape index (κ2) is 9.20. The van der Waals surface area contributed by atoms with Gasteiger partial charge in [0.25, 0.3) is 0 Å². The smallest absolute Gasteiger partial charge is 0.0988 e. The highest BCUT2D eigenvalue weighted by molar-refractivity contribution is 5.63. The maximum absolute atomic E-state index is 2.72. The fourth-order valence-corrected chi connectivity index (χ4v) is 5.40. The van der Waals surface area contributed by atoms with Crippen LogP contribution in [0.5, 0.6) is 0 Å². The summed E-state index contributed by atoms with van der Waals surface area (Å²) in [5.74, 6) is 2.25. The van der Waals surface area contributed by atoms with Gasteiger partial charge in [0, 0.05) is 24.5 Å². The summed E-state index contributed by atoms with van der Waals surface area (Å²) in [4.78, 5) is 5.42. The Morgan fingerprint density at radius 1 is 0.767 bits per heavy atom. The van der Waals surface area contributed by atoms with Gasteiger partial charge in [0.2, 0.25) is 0 Å². The molecule has 0 bridgehead atoms. The van der Waals surface area contributed by atoms with Crippen LogP contribution in [0.4, 0.5) is 5.69 Å². The molecule has 2 aliphatic rings. The largest absolute Gasteiger partial charge is 0.349 e. The van der Waals surface area contributed by atoms with Crippen molar-refractivity contribution in [1.82, 2.24) is 4.90 Å². The van der Waals surface area contributed by atoms with Crippen LogP contribution in [0.2, 0.25) is 0 Å². The predicted molar refractivity (Wildman–Crippen MR) is 132 cm³/mol. The zero-order valence-electron chi connectivity index (χ0n) is 20.9. The first kappa shape index (κ1) is 23.0. The SMILES string of the molecule is CC(C)C1=CCCC(C(C)C)=C1N1CCN(c2c(C(C)C)cccc2C(C)C)C1C. The molecule has 1 atom stereocenters. The third-order valence-corrected chi connectivity index (χ3v) is 7.08. The molecule has 0 amide bonds. The van der Waals surface area contributed by atoms with Crippen molar-refractivity contribution in [3.8, 4) is 0 Å². The fourth-order valence-electron chi connectivity index (χ4n) is 5.40. The first-order chi connectivity index (χ1) is 14.1. The van der Waals surface area contributed by atoms with Gasteiger partial charge in [-0.05, 0) is 65.7 Å². The molecule has 1 heterocycles. The minimum Gasteiger partial charge on any atom is -0.349 e. The standard InChI is InChI=1S/C28H44N2/c1-18(2)23-12-10-13-24(19(3)4)27(23)29-16-17-30(22(29)9)28-25(20(5)6)14-11-15-26(28)21(7)8/h10,12-14,18-22H,11,15-17H2,1-9H3. The highest BCUT2D eigenvalue weighted by atomic mass is 15.4. The first-order valence-corrected chi connectivity index (χ1v) is 12.2. The average molecular weight is 409 g/mol. The second-order valence-electron chi connectivity index (χ2n) is 10.5. The monoisotopic (exact) mass is 408 g/mol. The van der Waals surface area contributed by atoms with E-state index in [1.54, 1.807) is 16.8 Å². The van der Waals surface area contributed by atoms with E-state index in [2.05, 4.69) is 96.4 Å². The molecule has 1 aromatic carbocycles. The van der Waals surface area contributed by atoms with Crippen LogP contribution >= 0.6 is 0 Å². The van der Waals surface area contributed by atoms with Crippen LogP contribution in [0.25, 0.3) is 0 Å². The Bertz CT molecular complexity index is 784. The van der Waals surface area contributed by atoms with E-state index in [4.69, 9.17) is 0 Å². The van der Waals surface area contributed by atoms with Crippen LogP contribution < -0.4 is 4.90 Å². The average Bonchev–Trinajstić information content (AvgIpc) is 3.07. The summed E-state index contributed by atoms with van der Waals surface area (Å²) in [6, 6.07) is 6.95. The van der Waals surface area contributed by atoms with Gasteiger partial charge in [0.05, 0.1) is 6.17 Å². The fraction of sp³-hybridized carbons (Fsp3) is 0.643. The summed E-state index contributed by atoms with van der Waals surface area (Å²) in [5, 5.41) is 0. The number of hydrogen-bond acceptors (Lipinski definition) is 2. The number of nitrogens with zero attached hydrogens (tertiary/aromatic N) is 2. The molecule has 1 aliphatic heterocycles. The lowest BCUT2D eigenvalue weighted by Crippen LogP contribution is -2.38. The minimum atomic E-state index is 0.381. The number of hydrogen-bond donors (Lipinski definition) is 0. The van der Waals surface area contributed by atoms with E-state index in [1.165, 1.54) is 29.7 Å². The highest BCUT2D eigenvalue weighted by Gasteiger charge is 2.36. The number of rotatable bonds is 6. The summed E-state index contributed by atoms with van der Waals surface area (Å²) in [7, 11) is 0.